The molecule has 9 N–H and O–H groups in total. The van der Waals surface area contributed by atoms with E-state index in [2.05, 4.69) is 20.6 Å². The molecule has 14 nitrogen and oxygen atoms in total. The van der Waals surface area contributed by atoms with Gasteiger partial charge in [-0.1, -0.05) is 0 Å². The van der Waals surface area contributed by atoms with Crippen molar-refractivity contribution < 1.29 is 39.3 Å². The molecule has 1 rings (SSSR count). The minimum Gasteiger partial charge on any atom is -0.481 e. The van der Waals surface area contributed by atoms with Crippen LogP contribution in [-0.4, -0.2) is 85.7 Å². The number of carbonyl (C=O) groups is 5. The summed E-state index contributed by atoms with van der Waals surface area (Å²) < 4.78 is 0. The number of nitrogens with zero attached hydrogens (tertiary/aromatic N) is 1. The zero-order valence-corrected chi connectivity index (χ0v) is 16.7. The highest BCUT2D eigenvalue weighted by Gasteiger charge is 2.31. The number of hydrogen-bond acceptors (Lipinski definition) is 8. The summed E-state index contributed by atoms with van der Waals surface area (Å²) in [7, 11) is 0. The Balaban J connectivity index is 2.84. The van der Waals surface area contributed by atoms with E-state index in [0.717, 1.165) is 0 Å². The van der Waals surface area contributed by atoms with Gasteiger partial charge >= 0.3 is 11.9 Å². The van der Waals surface area contributed by atoms with E-state index in [4.69, 9.17) is 15.9 Å². The van der Waals surface area contributed by atoms with Crippen molar-refractivity contribution in [2.75, 3.05) is 6.54 Å². The number of carbonyl (C=O) groups excluding carboxylic acids is 3. The summed E-state index contributed by atoms with van der Waals surface area (Å²) in [5.41, 5.74) is 6.38. The van der Waals surface area contributed by atoms with E-state index in [1.54, 1.807) is 0 Å². The van der Waals surface area contributed by atoms with E-state index in [9.17, 15) is 29.1 Å². The molecule has 0 radical (unpaired) electrons. The highest BCUT2D eigenvalue weighted by Crippen LogP contribution is 2.03. The first kappa shape index (κ1) is 25.5. The normalized spacial score (nSPS) is 14.5. The molecule has 14 heteroatoms. The van der Waals surface area contributed by atoms with Gasteiger partial charge in [0.15, 0.2) is 0 Å². The van der Waals surface area contributed by atoms with Crippen LogP contribution in [0, 0.1) is 0 Å². The van der Waals surface area contributed by atoms with Crippen molar-refractivity contribution in [3.05, 3.63) is 18.2 Å². The molecule has 3 amide bonds. The number of nitrogens with two attached hydrogens (primary N) is 1. The number of aromatic nitrogens is 2. The number of H-pyrrole nitrogens is 1. The maximum absolute atomic E-state index is 12.6. The molecule has 1 aromatic heterocycles. The molecular weight excluding hydrogens is 416 g/mol. The number of imidazole rings is 1. The molecule has 0 aliphatic rings. The lowest BCUT2D eigenvalue weighted by Crippen LogP contribution is -2.58. The van der Waals surface area contributed by atoms with Gasteiger partial charge in [-0.05, 0) is 13.3 Å². The standard InChI is InChI=1S/C17H26N6O8/c1-8(24)14(17(31)20-6-13(27)28)23-16(30)11(2-3-12(25)26)22-15(29)10(18)4-9-5-19-7-21-9/h5,7-8,10-11,14,24H,2-4,6,18H2,1H3,(H,19,21)(H,20,31)(H,22,29)(H,23,30)(H,25,26)(H,27,28). The summed E-state index contributed by atoms with van der Waals surface area (Å²) >= 11 is 0. The molecule has 1 heterocycles. The van der Waals surface area contributed by atoms with E-state index in [1.807, 2.05) is 5.32 Å². The second kappa shape index (κ2) is 12.2. The van der Waals surface area contributed by atoms with E-state index >= 15 is 0 Å². The van der Waals surface area contributed by atoms with Gasteiger partial charge in [-0.3, -0.25) is 24.0 Å². The molecule has 0 aliphatic carbocycles. The van der Waals surface area contributed by atoms with Crippen molar-refractivity contribution in [3.8, 4) is 0 Å². The third kappa shape index (κ3) is 9.22. The second-order valence-electron chi connectivity index (χ2n) is 6.72. The van der Waals surface area contributed by atoms with Crippen molar-refractivity contribution in [2.24, 2.45) is 5.73 Å². The number of aromatic amines is 1. The largest absolute Gasteiger partial charge is 0.481 e. The fraction of sp³-hybridized carbons (Fsp3) is 0.529. The Labute approximate surface area is 176 Å². The van der Waals surface area contributed by atoms with Crippen LogP contribution in [0.1, 0.15) is 25.5 Å². The average molecular weight is 442 g/mol. The van der Waals surface area contributed by atoms with Gasteiger partial charge in [0.05, 0.1) is 18.5 Å². The Morgan fingerprint density at radius 2 is 1.77 bits per heavy atom. The predicted octanol–water partition coefficient (Wildman–Crippen LogP) is -3.30. The number of amides is 3. The molecular formula is C17H26N6O8. The third-order valence-corrected chi connectivity index (χ3v) is 4.09. The maximum atomic E-state index is 12.6. The molecule has 1 aromatic rings. The first-order valence-electron chi connectivity index (χ1n) is 9.24. The van der Waals surface area contributed by atoms with E-state index in [1.165, 1.54) is 19.4 Å². The lowest BCUT2D eigenvalue weighted by atomic mass is 10.1. The van der Waals surface area contributed by atoms with Gasteiger partial charge in [0.25, 0.3) is 0 Å². The molecule has 0 spiro atoms. The fourth-order valence-electron chi connectivity index (χ4n) is 2.47. The van der Waals surface area contributed by atoms with Crippen molar-refractivity contribution >= 4 is 29.7 Å². The SMILES string of the molecule is CC(O)C(NC(=O)C(CCC(=O)O)NC(=O)C(N)Cc1cnc[nH]1)C(=O)NCC(=O)O. The molecule has 31 heavy (non-hydrogen) atoms. The predicted molar refractivity (Wildman–Crippen MR) is 103 cm³/mol. The second-order valence-corrected chi connectivity index (χ2v) is 6.72. The Bertz CT molecular complexity index is 782. The van der Waals surface area contributed by atoms with Gasteiger partial charge in [-0.15, -0.1) is 0 Å². The van der Waals surface area contributed by atoms with Crippen LogP contribution >= 0.6 is 0 Å². The molecule has 0 aliphatic heterocycles. The summed E-state index contributed by atoms with van der Waals surface area (Å²) in [5.74, 6) is -5.21. The molecule has 172 valence electrons. The van der Waals surface area contributed by atoms with Crippen LogP contribution in [0.25, 0.3) is 0 Å². The molecule has 4 unspecified atom stereocenters. The molecule has 0 saturated heterocycles. The molecule has 0 bridgehead atoms. The van der Waals surface area contributed by atoms with Gasteiger partial charge in [-0.2, -0.15) is 0 Å². The van der Waals surface area contributed by atoms with Gasteiger partial charge in [0.1, 0.15) is 18.6 Å². The smallest absolute Gasteiger partial charge is 0.322 e. The number of carboxylic acid groups (broad SMARTS) is 2. The number of nitrogens with one attached hydrogen (secondary N) is 4. The summed E-state index contributed by atoms with van der Waals surface area (Å²) in [6.07, 6.45) is 0.745. The monoisotopic (exact) mass is 442 g/mol. The van der Waals surface area contributed by atoms with E-state index < -0.39 is 66.9 Å². The first-order valence-corrected chi connectivity index (χ1v) is 9.24. The number of hydrogen-bond donors (Lipinski definition) is 8. The van der Waals surface area contributed by atoms with Crippen LogP contribution in [0.4, 0.5) is 0 Å². The van der Waals surface area contributed by atoms with Gasteiger partial charge in [-0.25, -0.2) is 4.98 Å². The van der Waals surface area contributed by atoms with Crippen LogP contribution in [0.3, 0.4) is 0 Å². The first-order chi connectivity index (χ1) is 14.5. The molecule has 0 saturated carbocycles. The van der Waals surface area contributed by atoms with Gasteiger partial charge < -0.3 is 42.0 Å². The number of aliphatic hydroxyl groups is 1. The zero-order chi connectivity index (χ0) is 23.6. The molecule has 0 fully saturated rings. The van der Waals surface area contributed by atoms with E-state index in [0.29, 0.717) is 5.69 Å². The van der Waals surface area contributed by atoms with Gasteiger partial charge in [0, 0.05) is 24.7 Å². The van der Waals surface area contributed by atoms with Crippen LogP contribution in [0.15, 0.2) is 12.5 Å². The highest BCUT2D eigenvalue weighted by atomic mass is 16.4. The molecule has 0 aromatic carbocycles. The zero-order valence-electron chi connectivity index (χ0n) is 16.7. The Hall–Kier alpha value is -3.52. The quantitative estimate of drug-likeness (QED) is 0.151. The average Bonchev–Trinajstić information content (AvgIpc) is 3.19. The number of aliphatic carboxylic acids is 2. The van der Waals surface area contributed by atoms with Crippen molar-refractivity contribution in [1.29, 1.82) is 0 Å². The summed E-state index contributed by atoms with van der Waals surface area (Å²) in [4.78, 5) is 65.1. The minimum absolute atomic E-state index is 0.0764. The lowest BCUT2D eigenvalue weighted by Gasteiger charge is -2.25. The van der Waals surface area contributed by atoms with Crippen LogP contribution < -0.4 is 21.7 Å². The third-order valence-electron chi connectivity index (χ3n) is 4.09. The van der Waals surface area contributed by atoms with Crippen molar-refractivity contribution in [3.63, 3.8) is 0 Å². The van der Waals surface area contributed by atoms with E-state index in [-0.39, 0.29) is 12.8 Å². The number of aliphatic hydroxyl groups excluding tert-OH is 1. The maximum Gasteiger partial charge on any atom is 0.322 e. The van der Waals surface area contributed by atoms with Crippen molar-refractivity contribution in [2.45, 2.75) is 50.4 Å². The van der Waals surface area contributed by atoms with Crippen LogP contribution in [0.5, 0.6) is 0 Å². The fourth-order valence-corrected chi connectivity index (χ4v) is 2.47. The highest BCUT2D eigenvalue weighted by molar-refractivity contribution is 5.94. The Morgan fingerprint density at radius 3 is 2.29 bits per heavy atom. The Morgan fingerprint density at radius 1 is 1.10 bits per heavy atom. The Kier molecular flexibility index (Phi) is 10.1. The van der Waals surface area contributed by atoms with Gasteiger partial charge in [0.2, 0.25) is 17.7 Å². The number of carboxylic acids is 2. The summed E-state index contributed by atoms with van der Waals surface area (Å²) in [5, 5.41) is 33.9. The van der Waals surface area contributed by atoms with Crippen molar-refractivity contribution in [1.82, 2.24) is 25.9 Å². The number of rotatable bonds is 13. The topological polar surface area (TPSA) is 237 Å². The van der Waals surface area contributed by atoms with Crippen LogP contribution in [0.2, 0.25) is 0 Å². The minimum atomic E-state index is -1.53. The molecule has 4 atom stereocenters. The van der Waals surface area contributed by atoms with Crippen LogP contribution in [-0.2, 0) is 30.4 Å². The summed E-state index contributed by atoms with van der Waals surface area (Å²) in [6, 6.07) is -3.98. The lowest BCUT2D eigenvalue weighted by molar-refractivity contribution is -0.139. The summed E-state index contributed by atoms with van der Waals surface area (Å²) in [6.45, 7) is 0.454.